The molecule has 0 spiro atoms. The van der Waals surface area contributed by atoms with Crippen LogP contribution in [0.1, 0.15) is 31.2 Å². The lowest BCUT2D eigenvalue weighted by molar-refractivity contribution is -0.119. The Hall–Kier alpha value is -2.67. The van der Waals surface area contributed by atoms with E-state index in [1.165, 1.54) is 12.6 Å². The Morgan fingerprint density at radius 3 is 2.62 bits per heavy atom. The number of rotatable bonds is 5. The van der Waals surface area contributed by atoms with E-state index in [1.807, 2.05) is 18.4 Å². The van der Waals surface area contributed by atoms with Gasteiger partial charge in [0, 0.05) is 17.6 Å². The predicted molar refractivity (Wildman–Crippen MR) is 92.3 cm³/mol. The fourth-order valence-corrected chi connectivity index (χ4v) is 3.33. The minimum atomic E-state index is -0.323. The highest BCUT2D eigenvalue weighted by atomic mass is 32.1. The first-order chi connectivity index (χ1) is 11.5. The molecule has 2 N–H and O–H groups in total. The molecule has 3 amide bonds. The number of aryl methyl sites for hydroxylation is 1. The number of nitrogens with one attached hydrogen (secondary N) is 2. The minimum Gasteiger partial charge on any atom is -0.376 e. The van der Waals surface area contributed by atoms with Gasteiger partial charge in [0.25, 0.3) is 11.8 Å². The van der Waals surface area contributed by atoms with Crippen molar-refractivity contribution in [3.8, 4) is 0 Å². The van der Waals surface area contributed by atoms with Gasteiger partial charge in [-0.15, -0.1) is 11.3 Å². The Balaban J connectivity index is 1.58. The zero-order valence-electron chi connectivity index (χ0n) is 13.4. The Morgan fingerprint density at radius 2 is 1.92 bits per heavy atom. The van der Waals surface area contributed by atoms with Gasteiger partial charge in [-0.25, -0.2) is 0 Å². The van der Waals surface area contributed by atoms with E-state index in [9.17, 15) is 14.4 Å². The number of amides is 3. The number of hydrogen-bond acceptors (Lipinski definition) is 5. The fourth-order valence-electron chi connectivity index (χ4n) is 2.48. The maximum atomic E-state index is 12.0. The molecule has 2 heterocycles. The first kappa shape index (κ1) is 16.2. The van der Waals surface area contributed by atoms with Gasteiger partial charge >= 0.3 is 0 Å². The number of nitrogens with zero attached hydrogens (tertiary/aromatic N) is 1. The van der Waals surface area contributed by atoms with Crippen LogP contribution in [-0.2, 0) is 11.3 Å². The lowest BCUT2D eigenvalue weighted by atomic mass is 10.1. The van der Waals surface area contributed by atoms with Gasteiger partial charge < -0.3 is 10.6 Å². The standard InChI is InChI=1S/C17H17N3O3S/c1-10-5-6-24-14(10)8-19-15(21)9-18-11-3-4-12-13(7-11)17(23)20(2)16(12)22/h3-7,18H,8-9H2,1-2H3,(H,19,21). The lowest BCUT2D eigenvalue weighted by Gasteiger charge is -2.08. The number of carbonyl (C=O) groups is 3. The van der Waals surface area contributed by atoms with Crippen molar-refractivity contribution in [2.24, 2.45) is 0 Å². The monoisotopic (exact) mass is 343 g/mol. The molecule has 0 fully saturated rings. The average Bonchev–Trinajstić information content (AvgIpc) is 3.08. The van der Waals surface area contributed by atoms with Crippen molar-refractivity contribution in [1.82, 2.24) is 10.2 Å². The normalized spacial score (nSPS) is 13.2. The van der Waals surface area contributed by atoms with E-state index in [4.69, 9.17) is 0 Å². The van der Waals surface area contributed by atoms with E-state index in [-0.39, 0.29) is 24.3 Å². The highest BCUT2D eigenvalue weighted by Gasteiger charge is 2.32. The quantitative estimate of drug-likeness (QED) is 0.814. The predicted octanol–water partition coefficient (Wildman–Crippen LogP) is 2.01. The van der Waals surface area contributed by atoms with Gasteiger partial charge in [-0.2, -0.15) is 0 Å². The first-order valence-corrected chi connectivity index (χ1v) is 8.35. The molecule has 6 nitrogen and oxygen atoms in total. The van der Waals surface area contributed by atoms with Gasteiger partial charge in [0.15, 0.2) is 0 Å². The third-order valence-corrected chi connectivity index (χ3v) is 4.98. The largest absolute Gasteiger partial charge is 0.376 e. The molecule has 0 saturated carbocycles. The van der Waals surface area contributed by atoms with Crippen molar-refractivity contribution in [1.29, 1.82) is 0 Å². The third kappa shape index (κ3) is 3.03. The Labute approximate surface area is 143 Å². The number of thiophene rings is 1. The minimum absolute atomic E-state index is 0.0984. The summed E-state index contributed by atoms with van der Waals surface area (Å²) < 4.78 is 0. The summed E-state index contributed by atoms with van der Waals surface area (Å²) >= 11 is 1.61. The summed E-state index contributed by atoms with van der Waals surface area (Å²) in [5.41, 5.74) is 2.56. The van der Waals surface area contributed by atoms with E-state index in [0.717, 1.165) is 9.78 Å². The molecule has 1 aromatic carbocycles. The molecule has 0 radical (unpaired) electrons. The van der Waals surface area contributed by atoms with Crippen LogP contribution in [0.3, 0.4) is 0 Å². The van der Waals surface area contributed by atoms with Gasteiger partial charge in [-0.05, 0) is 42.1 Å². The molecule has 0 unspecified atom stereocenters. The molecule has 24 heavy (non-hydrogen) atoms. The summed E-state index contributed by atoms with van der Waals surface area (Å²) in [5, 5.41) is 7.82. The van der Waals surface area contributed by atoms with Gasteiger partial charge in [-0.1, -0.05) is 0 Å². The Morgan fingerprint density at radius 1 is 1.17 bits per heavy atom. The molecule has 1 aliphatic heterocycles. The SMILES string of the molecule is Cc1ccsc1CNC(=O)CNc1ccc2c(c1)C(=O)N(C)C2=O. The van der Waals surface area contributed by atoms with Gasteiger partial charge in [-0.3, -0.25) is 19.3 Å². The molecular weight excluding hydrogens is 326 g/mol. The number of benzene rings is 1. The first-order valence-electron chi connectivity index (χ1n) is 7.47. The van der Waals surface area contributed by atoms with Crippen LogP contribution in [0.2, 0.25) is 0 Å². The van der Waals surface area contributed by atoms with Crippen LogP contribution in [0, 0.1) is 6.92 Å². The van der Waals surface area contributed by atoms with Crippen molar-refractivity contribution in [3.05, 3.63) is 51.2 Å². The van der Waals surface area contributed by atoms with Crippen molar-refractivity contribution in [2.75, 3.05) is 18.9 Å². The zero-order valence-corrected chi connectivity index (χ0v) is 14.2. The van der Waals surface area contributed by atoms with Crippen LogP contribution in [0.5, 0.6) is 0 Å². The van der Waals surface area contributed by atoms with Gasteiger partial charge in [0.2, 0.25) is 5.91 Å². The molecule has 0 saturated heterocycles. The number of imide groups is 1. The Kier molecular flexibility index (Phi) is 4.35. The van der Waals surface area contributed by atoms with E-state index < -0.39 is 0 Å². The summed E-state index contributed by atoms with van der Waals surface area (Å²) in [6, 6.07) is 6.92. The van der Waals surface area contributed by atoms with Crippen LogP contribution < -0.4 is 10.6 Å². The maximum absolute atomic E-state index is 12.0. The third-order valence-electron chi connectivity index (χ3n) is 3.96. The Bertz CT molecular complexity index is 828. The van der Waals surface area contributed by atoms with E-state index in [1.54, 1.807) is 29.5 Å². The summed E-state index contributed by atoms with van der Waals surface area (Å²) in [5.74, 6) is -0.760. The second-order valence-electron chi connectivity index (χ2n) is 5.59. The van der Waals surface area contributed by atoms with Crippen LogP contribution in [-0.4, -0.2) is 36.2 Å². The molecule has 1 aromatic heterocycles. The smallest absolute Gasteiger partial charge is 0.261 e. The van der Waals surface area contributed by atoms with Gasteiger partial charge in [0.1, 0.15) is 0 Å². The van der Waals surface area contributed by atoms with E-state index in [2.05, 4.69) is 10.6 Å². The van der Waals surface area contributed by atoms with Crippen LogP contribution in [0.4, 0.5) is 5.69 Å². The summed E-state index contributed by atoms with van der Waals surface area (Å²) in [6.45, 7) is 2.61. The topological polar surface area (TPSA) is 78.5 Å². The number of hydrogen-bond donors (Lipinski definition) is 2. The van der Waals surface area contributed by atoms with Crippen molar-refractivity contribution >= 4 is 34.7 Å². The molecule has 0 bridgehead atoms. The fraction of sp³-hybridized carbons (Fsp3) is 0.235. The second-order valence-corrected chi connectivity index (χ2v) is 6.59. The van der Waals surface area contributed by atoms with E-state index >= 15 is 0 Å². The highest BCUT2D eigenvalue weighted by Crippen LogP contribution is 2.24. The van der Waals surface area contributed by atoms with E-state index in [0.29, 0.717) is 23.4 Å². The van der Waals surface area contributed by atoms with Crippen LogP contribution in [0.15, 0.2) is 29.6 Å². The number of anilines is 1. The summed E-state index contributed by atoms with van der Waals surface area (Å²) in [7, 11) is 1.46. The van der Waals surface area contributed by atoms with Crippen molar-refractivity contribution < 1.29 is 14.4 Å². The molecule has 1 aliphatic rings. The van der Waals surface area contributed by atoms with Crippen LogP contribution >= 0.6 is 11.3 Å². The highest BCUT2D eigenvalue weighted by molar-refractivity contribution is 7.10. The van der Waals surface area contributed by atoms with Gasteiger partial charge in [0.05, 0.1) is 24.2 Å². The molecule has 0 aliphatic carbocycles. The molecule has 124 valence electrons. The summed E-state index contributed by atoms with van der Waals surface area (Å²) in [6.07, 6.45) is 0. The maximum Gasteiger partial charge on any atom is 0.261 e. The molecule has 7 heteroatoms. The molecular formula is C17H17N3O3S. The number of carbonyl (C=O) groups excluding carboxylic acids is 3. The lowest BCUT2D eigenvalue weighted by Crippen LogP contribution is -2.29. The number of fused-ring (bicyclic) bond motifs is 1. The molecule has 2 aromatic rings. The summed E-state index contributed by atoms with van der Waals surface area (Å²) in [4.78, 5) is 37.9. The van der Waals surface area contributed by atoms with Crippen molar-refractivity contribution in [2.45, 2.75) is 13.5 Å². The zero-order chi connectivity index (χ0) is 17.3. The average molecular weight is 343 g/mol. The van der Waals surface area contributed by atoms with Crippen LogP contribution in [0.25, 0.3) is 0 Å². The molecule has 3 rings (SSSR count). The van der Waals surface area contributed by atoms with Crippen molar-refractivity contribution in [3.63, 3.8) is 0 Å². The molecule has 0 atom stereocenters. The second kappa shape index (κ2) is 6.45.